The molecule has 29 heavy (non-hydrogen) atoms. The fourth-order valence-electron chi connectivity index (χ4n) is 2.60. The van der Waals surface area contributed by atoms with Gasteiger partial charge in [0.15, 0.2) is 5.16 Å². The van der Waals surface area contributed by atoms with Crippen molar-refractivity contribution in [1.82, 2.24) is 9.55 Å². The van der Waals surface area contributed by atoms with Gasteiger partial charge in [-0.2, -0.15) is 0 Å². The molecule has 0 atom stereocenters. The summed E-state index contributed by atoms with van der Waals surface area (Å²) < 4.78 is 14.9. The second-order valence-electron chi connectivity index (χ2n) is 6.05. The lowest BCUT2D eigenvalue weighted by Gasteiger charge is -2.11. The molecule has 0 aliphatic rings. The summed E-state index contributed by atoms with van der Waals surface area (Å²) in [6.45, 7) is 0.139. The lowest BCUT2D eigenvalue weighted by Crippen LogP contribution is -2.15. The number of nitro benzene ring substituents is 1. The van der Waals surface area contributed by atoms with E-state index in [0.717, 1.165) is 17.3 Å². The zero-order valence-corrected chi connectivity index (χ0v) is 15.9. The van der Waals surface area contributed by atoms with Crippen molar-refractivity contribution in [2.24, 2.45) is 0 Å². The van der Waals surface area contributed by atoms with Crippen LogP contribution >= 0.6 is 11.8 Å². The zero-order valence-electron chi connectivity index (χ0n) is 15.1. The number of hydrogen-bond acceptors (Lipinski definition) is 6. The second kappa shape index (κ2) is 9.30. The number of imidazole rings is 1. The molecule has 0 saturated carbocycles. The number of thioether (sulfide) groups is 1. The number of nitrogens with zero attached hydrogens (tertiary/aromatic N) is 3. The van der Waals surface area contributed by atoms with Gasteiger partial charge in [-0.3, -0.25) is 14.9 Å². The first kappa shape index (κ1) is 20.5. The van der Waals surface area contributed by atoms with Gasteiger partial charge in [0.2, 0.25) is 5.91 Å². The van der Waals surface area contributed by atoms with Crippen molar-refractivity contribution in [2.75, 3.05) is 11.1 Å². The summed E-state index contributed by atoms with van der Waals surface area (Å²) in [5.74, 6) is -0.667. The van der Waals surface area contributed by atoms with Gasteiger partial charge >= 0.3 is 0 Å². The van der Waals surface area contributed by atoms with Gasteiger partial charge in [-0.25, -0.2) is 9.37 Å². The third-order valence-electron chi connectivity index (χ3n) is 3.99. The first-order valence-corrected chi connectivity index (χ1v) is 9.51. The Hall–Kier alpha value is -3.24. The molecule has 150 valence electrons. The summed E-state index contributed by atoms with van der Waals surface area (Å²) in [6, 6.07) is 11.7. The summed E-state index contributed by atoms with van der Waals surface area (Å²) >= 11 is 1.16. The van der Waals surface area contributed by atoms with Crippen LogP contribution in [0.25, 0.3) is 0 Å². The van der Waals surface area contributed by atoms with E-state index in [1.807, 2.05) is 0 Å². The monoisotopic (exact) mass is 416 g/mol. The van der Waals surface area contributed by atoms with Crippen LogP contribution in [0.15, 0.2) is 59.9 Å². The Bertz CT molecular complexity index is 1020. The van der Waals surface area contributed by atoms with E-state index in [9.17, 15) is 24.4 Å². The number of halogens is 1. The molecule has 0 radical (unpaired) electrons. The van der Waals surface area contributed by atoms with Crippen molar-refractivity contribution in [3.8, 4) is 0 Å². The third-order valence-corrected chi connectivity index (χ3v) is 4.98. The van der Waals surface area contributed by atoms with Crippen LogP contribution in [0.2, 0.25) is 0 Å². The summed E-state index contributed by atoms with van der Waals surface area (Å²) in [6.07, 6.45) is 1.52. The molecule has 2 N–H and O–H groups in total. The number of nitro groups is 1. The van der Waals surface area contributed by atoms with E-state index >= 15 is 0 Å². The topological polar surface area (TPSA) is 110 Å². The molecule has 0 aliphatic heterocycles. The molecule has 8 nitrogen and oxygen atoms in total. The van der Waals surface area contributed by atoms with E-state index in [0.29, 0.717) is 23.1 Å². The molecule has 0 saturated heterocycles. The molecule has 1 heterocycles. The number of nitrogens with one attached hydrogen (secondary N) is 1. The molecule has 0 aliphatic carbocycles. The Morgan fingerprint density at radius 2 is 2.03 bits per heavy atom. The van der Waals surface area contributed by atoms with Crippen LogP contribution in [0.3, 0.4) is 0 Å². The highest BCUT2D eigenvalue weighted by molar-refractivity contribution is 7.99. The van der Waals surface area contributed by atoms with Crippen LogP contribution in [0, 0.1) is 15.9 Å². The number of benzene rings is 2. The molecule has 0 unspecified atom stereocenters. The summed E-state index contributed by atoms with van der Waals surface area (Å²) in [7, 11) is 0. The predicted octanol–water partition coefficient (Wildman–Crippen LogP) is 3.20. The number of anilines is 1. The fraction of sp³-hybridized carbons (Fsp3) is 0.158. The Balaban J connectivity index is 1.66. The van der Waals surface area contributed by atoms with Crippen molar-refractivity contribution in [3.63, 3.8) is 0 Å². The lowest BCUT2D eigenvalue weighted by atomic mass is 10.2. The first-order chi connectivity index (χ1) is 14.0. The predicted molar refractivity (Wildman–Crippen MR) is 106 cm³/mol. The summed E-state index contributed by atoms with van der Waals surface area (Å²) in [4.78, 5) is 26.7. The van der Waals surface area contributed by atoms with Gasteiger partial charge in [0.25, 0.3) is 5.69 Å². The molecule has 1 amide bonds. The molecular formula is C19H17FN4O4S. The largest absolute Gasteiger partial charge is 0.390 e. The average molecular weight is 416 g/mol. The molecular weight excluding hydrogens is 399 g/mol. The Kier molecular flexibility index (Phi) is 6.57. The van der Waals surface area contributed by atoms with E-state index in [1.54, 1.807) is 22.8 Å². The fourth-order valence-corrected chi connectivity index (χ4v) is 3.40. The minimum atomic E-state index is -0.535. The van der Waals surface area contributed by atoms with E-state index in [2.05, 4.69) is 10.3 Å². The van der Waals surface area contributed by atoms with E-state index in [4.69, 9.17) is 0 Å². The molecule has 0 bridgehead atoms. The van der Waals surface area contributed by atoms with Gasteiger partial charge < -0.3 is 15.0 Å². The maximum atomic E-state index is 13.1. The maximum Gasteiger partial charge on any atom is 0.271 e. The maximum absolute atomic E-state index is 13.1. The zero-order chi connectivity index (χ0) is 20.8. The number of aromatic nitrogens is 2. The lowest BCUT2D eigenvalue weighted by molar-refractivity contribution is -0.384. The van der Waals surface area contributed by atoms with Gasteiger partial charge in [-0.05, 0) is 23.8 Å². The highest BCUT2D eigenvalue weighted by Crippen LogP contribution is 2.22. The Labute approximate surface area is 169 Å². The van der Waals surface area contributed by atoms with E-state index in [-0.39, 0.29) is 29.8 Å². The molecule has 2 aromatic carbocycles. The number of rotatable bonds is 8. The van der Waals surface area contributed by atoms with Crippen molar-refractivity contribution < 1.29 is 19.2 Å². The number of aliphatic hydroxyl groups is 1. The standard InChI is InChI=1S/C19H17FN4O4S/c20-14-6-4-13(5-7-14)10-23-17(11-25)9-21-19(23)29-12-18(26)22-15-2-1-3-16(8-15)24(27)28/h1-9,25H,10-12H2,(H,22,26). The van der Waals surface area contributed by atoms with Crippen LogP contribution in [-0.4, -0.2) is 31.2 Å². The van der Waals surface area contributed by atoms with Crippen LogP contribution in [0.1, 0.15) is 11.3 Å². The van der Waals surface area contributed by atoms with Gasteiger partial charge in [0, 0.05) is 24.4 Å². The van der Waals surface area contributed by atoms with Gasteiger partial charge in [0.05, 0.1) is 29.2 Å². The first-order valence-electron chi connectivity index (χ1n) is 8.53. The Morgan fingerprint density at radius 1 is 1.28 bits per heavy atom. The van der Waals surface area contributed by atoms with Crippen LogP contribution in [0.4, 0.5) is 15.8 Å². The second-order valence-corrected chi connectivity index (χ2v) is 6.99. The number of amides is 1. The summed E-state index contributed by atoms with van der Waals surface area (Å²) in [5, 5.41) is 23.5. The minimum absolute atomic E-state index is 0.0218. The number of aliphatic hydroxyl groups excluding tert-OH is 1. The molecule has 0 fully saturated rings. The average Bonchev–Trinajstić information content (AvgIpc) is 3.10. The van der Waals surface area contributed by atoms with Crippen LogP contribution in [0.5, 0.6) is 0 Å². The van der Waals surface area contributed by atoms with Crippen molar-refractivity contribution in [2.45, 2.75) is 18.3 Å². The van der Waals surface area contributed by atoms with Crippen LogP contribution < -0.4 is 5.32 Å². The molecule has 3 rings (SSSR count). The van der Waals surface area contributed by atoms with Gasteiger partial charge in [-0.15, -0.1) is 0 Å². The highest BCUT2D eigenvalue weighted by Gasteiger charge is 2.14. The van der Waals surface area contributed by atoms with Crippen molar-refractivity contribution in [1.29, 1.82) is 0 Å². The smallest absolute Gasteiger partial charge is 0.271 e. The van der Waals surface area contributed by atoms with Gasteiger partial charge in [0.1, 0.15) is 5.82 Å². The summed E-state index contributed by atoms with van der Waals surface area (Å²) in [5.41, 5.74) is 1.60. The van der Waals surface area contributed by atoms with Crippen molar-refractivity contribution in [3.05, 3.63) is 81.9 Å². The number of carbonyl (C=O) groups is 1. The molecule has 0 spiro atoms. The SMILES string of the molecule is O=C(CSc1ncc(CO)n1Cc1ccc(F)cc1)Nc1cccc([N+](=O)[O-])c1. The number of non-ortho nitro benzene ring substituents is 1. The van der Waals surface area contributed by atoms with E-state index < -0.39 is 4.92 Å². The molecule has 10 heteroatoms. The van der Waals surface area contributed by atoms with Crippen LogP contribution in [-0.2, 0) is 17.9 Å². The third kappa shape index (κ3) is 5.39. The molecule has 1 aromatic heterocycles. The van der Waals surface area contributed by atoms with Crippen molar-refractivity contribution >= 4 is 29.0 Å². The van der Waals surface area contributed by atoms with Gasteiger partial charge in [-0.1, -0.05) is 30.0 Å². The number of carbonyl (C=O) groups excluding carboxylic acids is 1. The minimum Gasteiger partial charge on any atom is -0.390 e. The normalized spacial score (nSPS) is 10.7. The number of hydrogen-bond donors (Lipinski definition) is 2. The quantitative estimate of drug-likeness (QED) is 0.331. The highest BCUT2D eigenvalue weighted by atomic mass is 32.2. The van der Waals surface area contributed by atoms with E-state index in [1.165, 1.54) is 36.5 Å². The Morgan fingerprint density at radius 3 is 2.72 bits per heavy atom. The molecule has 3 aromatic rings.